The molecule has 94 valence electrons. The Kier molecular flexibility index (Phi) is 3.72. The molecule has 2 amide bonds. The fraction of sp³-hybridized carbons (Fsp3) is 0.308. The second kappa shape index (κ2) is 5.44. The summed E-state index contributed by atoms with van der Waals surface area (Å²) in [4.78, 5) is 34.1. The van der Waals surface area contributed by atoms with Crippen molar-refractivity contribution in [2.24, 2.45) is 5.92 Å². The van der Waals surface area contributed by atoms with Crippen molar-refractivity contribution in [2.45, 2.75) is 19.4 Å². The molecule has 0 spiro atoms. The minimum Gasteiger partial charge on any atom is -0.460 e. The average molecular weight is 247 g/mol. The number of esters is 1. The van der Waals surface area contributed by atoms with Crippen molar-refractivity contribution in [3.63, 3.8) is 0 Å². The quantitative estimate of drug-likeness (QED) is 0.487. The van der Waals surface area contributed by atoms with E-state index in [1.165, 1.54) is 0 Å². The predicted octanol–water partition coefficient (Wildman–Crippen LogP) is 0.783. The topological polar surface area (TPSA) is 72.5 Å². The minimum atomic E-state index is -0.869. The first-order valence-corrected chi connectivity index (χ1v) is 5.71. The molecule has 1 N–H and O–H groups in total. The van der Waals surface area contributed by atoms with Crippen LogP contribution in [-0.2, 0) is 25.7 Å². The molecule has 1 aromatic carbocycles. The van der Waals surface area contributed by atoms with E-state index in [4.69, 9.17) is 4.74 Å². The van der Waals surface area contributed by atoms with Crippen molar-refractivity contribution in [2.75, 3.05) is 0 Å². The largest absolute Gasteiger partial charge is 0.460 e. The molecule has 0 aliphatic carbocycles. The van der Waals surface area contributed by atoms with Gasteiger partial charge in [-0.25, -0.2) is 0 Å². The van der Waals surface area contributed by atoms with Gasteiger partial charge in [-0.05, 0) is 12.0 Å². The molecule has 0 saturated carbocycles. The van der Waals surface area contributed by atoms with Crippen LogP contribution >= 0.6 is 0 Å². The summed E-state index contributed by atoms with van der Waals surface area (Å²) in [6.45, 7) is 0.136. The van der Waals surface area contributed by atoms with Gasteiger partial charge < -0.3 is 4.74 Å². The summed E-state index contributed by atoms with van der Waals surface area (Å²) in [5.74, 6) is -2.35. The number of carbonyl (C=O) groups excluding carboxylic acids is 3. The molecule has 1 aromatic rings. The second-order valence-corrected chi connectivity index (χ2v) is 4.10. The molecule has 5 heteroatoms. The predicted molar refractivity (Wildman–Crippen MR) is 62.1 cm³/mol. The Hall–Kier alpha value is -2.17. The molecule has 0 radical (unpaired) electrons. The Morgan fingerprint density at radius 3 is 2.67 bits per heavy atom. The van der Waals surface area contributed by atoms with E-state index in [1.54, 1.807) is 0 Å². The van der Waals surface area contributed by atoms with E-state index in [1.807, 2.05) is 30.3 Å². The first kappa shape index (κ1) is 12.3. The molecular formula is C13H13NO4. The summed E-state index contributed by atoms with van der Waals surface area (Å²) in [5, 5.41) is 2.13. The number of imide groups is 1. The Bertz CT molecular complexity index is 469. The number of hydrogen-bond acceptors (Lipinski definition) is 4. The number of piperidine rings is 1. The van der Waals surface area contributed by atoms with Crippen molar-refractivity contribution in [1.82, 2.24) is 5.32 Å². The number of ether oxygens (including phenoxy) is 1. The van der Waals surface area contributed by atoms with Crippen LogP contribution in [0, 0.1) is 5.92 Å². The molecule has 1 aliphatic rings. The van der Waals surface area contributed by atoms with Gasteiger partial charge >= 0.3 is 5.97 Å². The molecule has 1 fully saturated rings. The van der Waals surface area contributed by atoms with Crippen LogP contribution in [0.1, 0.15) is 18.4 Å². The number of benzene rings is 1. The lowest BCUT2D eigenvalue weighted by molar-refractivity contribution is -0.156. The summed E-state index contributed by atoms with van der Waals surface area (Å²) in [5.41, 5.74) is 0.859. The first-order chi connectivity index (χ1) is 8.66. The van der Waals surface area contributed by atoms with Gasteiger partial charge in [0.2, 0.25) is 11.8 Å². The fourth-order valence-electron chi connectivity index (χ4n) is 1.75. The summed E-state index contributed by atoms with van der Waals surface area (Å²) >= 11 is 0. The smallest absolute Gasteiger partial charge is 0.318 e. The first-order valence-electron chi connectivity index (χ1n) is 5.71. The second-order valence-electron chi connectivity index (χ2n) is 4.10. The van der Waals surface area contributed by atoms with Gasteiger partial charge in [-0.1, -0.05) is 30.3 Å². The minimum absolute atomic E-state index is 0.136. The van der Waals surface area contributed by atoms with Gasteiger partial charge in [-0.15, -0.1) is 0 Å². The molecule has 1 atom stereocenters. The maximum absolute atomic E-state index is 11.7. The Morgan fingerprint density at radius 2 is 2.00 bits per heavy atom. The molecular weight excluding hydrogens is 234 g/mol. The van der Waals surface area contributed by atoms with Crippen molar-refractivity contribution in [3.05, 3.63) is 35.9 Å². The van der Waals surface area contributed by atoms with Gasteiger partial charge in [0.1, 0.15) is 12.5 Å². The van der Waals surface area contributed by atoms with E-state index in [0.29, 0.717) is 0 Å². The number of amides is 2. The Morgan fingerprint density at radius 1 is 1.28 bits per heavy atom. The number of nitrogens with one attached hydrogen (secondary N) is 1. The summed E-state index contributed by atoms with van der Waals surface area (Å²) in [7, 11) is 0. The van der Waals surface area contributed by atoms with Crippen molar-refractivity contribution >= 4 is 17.8 Å². The molecule has 18 heavy (non-hydrogen) atoms. The summed E-state index contributed by atoms with van der Waals surface area (Å²) in [6.07, 6.45) is 0.398. The van der Waals surface area contributed by atoms with E-state index >= 15 is 0 Å². The van der Waals surface area contributed by atoms with E-state index < -0.39 is 17.8 Å². The van der Waals surface area contributed by atoms with Gasteiger partial charge in [0, 0.05) is 6.42 Å². The molecule has 0 aromatic heterocycles. The zero-order valence-electron chi connectivity index (χ0n) is 9.72. The molecule has 2 rings (SSSR count). The maximum atomic E-state index is 11.7. The van der Waals surface area contributed by atoms with Gasteiger partial charge in [-0.2, -0.15) is 0 Å². The van der Waals surface area contributed by atoms with E-state index in [-0.39, 0.29) is 25.4 Å². The third kappa shape index (κ3) is 2.94. The average Bonchev–Trinajstić information content (AvgIpc) is 2.37. The van der Waals surface area contributed by atoms with Gasteiger partial charge in [-0.3, -0.25) is 19.7 Å². The van der Waals surface area contributed by atoms with Crippen LogP contribution in [0.5, 0.6) is 0 Å². The van der Waals surface area contributed by atoms with Crippen LogP contribution in [0.2, 0.25) is 0 Å². The SMILES string of the molecule is O=C1CCC(C(=O)OCc2ccccc2)C(=O)N1. The zero-order chi connectivity index (χ0) is 13.0. The normalized spacial score (nSPS) is 19.2. The van der Waals surface area contributed by atoms with Crippen molar-refractivity contribution in [3.8, 4) is 0 Å². The van der Waals surface area contributed by atoms with Crippen LogP contribution in [0.15, 0.2) is 30.3 Å². The third-order valence-electron chi connectivity index (χ3n) is 2.75. The summed E-state index contributed by atoms with van der Waals surface area (Å²) in [6, 6.07) is 9.21. The Balaban J connectivity index is 1.88. The number of rotatable bonds is 3. The molecule has 1 aliphatic heterocycles. The van der Waals surface area contributed by atoms with Crippen LogP contribution < -0.4 is 5.32 Å². The van der Waals surface area contributed by atoms with E-state index in [2.05, 4.69) is 5.32 Å². The van der Waals surface area contributed by atoms with Crippen molar-refractivity contribution < 1.29 is 19.1 Å². The third-order valence-corrected chi connectivity index (χ3v) is 2.75. The van der Waals surface area contributed by atoms with E-state index in [9.17, 15) is 14.4 Å². The van der Waals surface area contributed by atoms with Crippen LogP contribution in [-0.4, -0.2) is 17.8 Å². The molecule has 1 unspecified atom stereocenters. The molecule has 1 heterocycles. The maximum Gasteiger partial charge on any atom is 0.318 e. The Labute approximate surface area is 104 Å². The van der Waals surface area contributed by atoms with Gasteiger partial charge in [0.25, 0.3) is 0 Å². The van der Waals surface area contributed by atoms with Crippen LogP contribution in [0.4, 0.5) is 0 Å². The van der Waals surface area contributed by atoms with E-state index in [0.717, 1.165) is 5.56 Å². The molecule has 0 bridgehead atoms. The molecule has 1 saturated heterocycles. The lowest BCUT2D eigenvalue weighted by Gasteiger charge is -2.19. The summed E-state index contributed by atoms with van der Waals surface area (Å²) < 4.78 is 5.06. The van der Waals surface area contributed by atoms with Gasteiger partial charge in [0.05, 0.1) is 0 Å². The molecule has 5 nitrogen and oxygen atoms in total. The van der Waals surface area contributed by atoms with Crippen molar-refractivity contribution in [1.29, 1.82) is 0 Å². The highest BCUT2D eigenvalue weighted by Gasteiger charge is 2.33. The highest BCUT2D eigenvalue weighted by molar-refractivity contribution is 6.07. The highest BCUT2D eigenvalue weighted by atomic mass is 16.5. The van der Waals surface area contributed by atoms with Crippen LogP contribution in [0.25, 0.3) is 0 Å². The number of carbonyl (C=O) groups is 3. The fourth-order valence-corrected chi connectivity index (χ4v) is 1.75. The van der Waals surface area contributed by atoms with Crippen LogP contribution in [0.3, 0.4) is 0 Å². The lowest BCUT2D eigenvalue weighted by atomic mass is 9.98. The number of hydrogen-bond donors (Lipinski definition) is 1. The highest BCUT2D eigenvalue weighted by Crippen LogP contribution is 2.15. The lowest BCUT2D eigenvalue weighted by Crippen LogP contribution is -2.44. The standard InChI is InChI=1S/C13H13NO4/c15-11-7-6-10(12(16)14-11)13(17)18-8-9-4-2-1-3-5-9/h1-5,10H,6-8H2,(H,14,15,16). The van der Waals surface area contributed by atoms with Gasteiger partial charge in [0.15, 0.2) is 0 Å². The zero-order valence-corrected chi connectivity index (χ0v) is 9.72. The monoisotopic (exact) mass is 247 g/mol.